The summed E-state index contributed by atoms with van der Waals surface area (Å²) in [4.78, 5) is 12.0. The highest BCUT2D eigenvalue weighted by Crippen LogP contribution is 2.35. The van der Waals surface area contributed by atoms with Crippen LogP contribution >= 0.6 is 0 Å². The standard InChI is InChI=1S/C13H12F3NO/c1-12(2,3)11(18)9-5-4-8(7-17)6-10(9)13(14,15)16/h4-6H,1-3H3. The van der Waals surface area contributed by atoms with Gasteiger partial charge in [-0.25, -0.2) is 0 Å². The molecule has 0 spiro atoms. The monoisotopic (exact) mass is 255 g/mol. The summed E-state index contributed by atoms with van der Waals surface area (Å²) in [6.07, 6.45) is -4.65. The van der Waals surface area contributed by atoms with E-state index in [4.69, 9.17) is 5.26 Å². The molecule has 1 aromatic rings. The van der Waals surface area contributed by atoms with Crippen LogP contribution < -0.4 is 0 Å². The van der Waals surface area contributed by atoms with Gasteiger partial charge in [0.25, 0.3) is 0 Å². The zero-order chi connectivity index (χ0) is 14.1. The normalized spacial score (nSPS) is 12.1. The molecular formula is C13H12F3NO. The topological polar surface area (TPSA) is 40.9 Å². The van der Waals surface area contributed by atoms with E-state index in [0.29, 0.717) is 6.07 Å². The van der Waals surface area contributed by atoms with Crippen molar-refractivity contribution >= 4 is 5.78 Å². The van der Waals surface area contributed by atoms with E-state index in [-0.39, 0.29) is 5.56 Å². The minimum atomic E-state index is -4.65. The van der Waals surface area contributed by atoms with Crippen LogP contribution in [0, 0.1) is 16.7 Å². The number of carbonyl (C=O) groups is 1. The summed E-state index contributed by atoms with van der Waals surface area (Å²) in [7, 11) is 0. The van der Waals surface area contributed by atoms with Crippen LogP contribution in [0.5, 0.6) is 0 Å². The number of hydrogen-bond donors (Lipinski definition) is 0. The van der Waals surface area contributed by atoms with Crippen LogP contribution in [-0.2, 0) is 6.18 Å². The summed E-state index contributed by atoms with van der Waals surface area (Å²) in [6, 6.07) is 4.62. The molecule has 0 aliphatic heterocycles. The van der Waals surface area contributed by atoms with E-state index in [1.54, 1.807) is 26.8 Å². The maximum atomic E-state index is 12.9. The molecular weight excluding hydrogens is 243 g/mol. The van der Waals surface area contributed by atoms with Gasteiger partial charge in [0.1, 0.15) is 0 Å². The molecule has 0 bridgehead atoms. The SMILES string of the molecule is CC(C)(C)C(=O)c1ccc(C#N)cc1C(F)(F)F. The second-order valence-electron chi connectivity index (χ2n) is 4.95. The molecule has 0 unspecified atom stereocenters. The van der Waals surface area contributed by atoms with Crippen molar-refractivity contribution < 1.29 is 18.0 Å². The number of ketones is 1. The van der Waals surface area contributed by atoms with Crippen molar-refractivity contribution in [2.75, 3.05) is 0 Å². The third kappa shape index (κ3) is 2.89. The van der Waals surface area contributed by atoms with E-state index in [0.717, 1.165) is 6.07 Å². The molecule has 0 atom stereocenters. The third-order valence-corrected chi connectivity index (χ3v) is 2.38. The highest BCUT2D eigenvalue weighted by molar-refractivity contribution is 6.01. The number of nitrogens with zero attached hydrogens (tertiary/aromatic N) is 1. The second kappa shape index (κ2) is 4.45. The number of benzene rings is 1. The lowest BCUT2D eigenvalue weighted by Crippen LogP contribution is -2.24. The molecule has 0 aromatic heterocycles. The van der Waals surface area contributed by atoms with Gasteiger partial charge in [0.2, 0.25) is 0 Å². The molecule has 0 fully saturated rings. The summed E-state index contributed by atoms with van der Waals surface area (Å²) in [5.74, 6) is -0.598. The van der Waals surface area contributed by atoms with Crippen LogP contribution in [0.15, 0.2) is 18.2 Å². The molecule has 5 heteroatoms. The van der Waals surface area contributed by atoms with E-state index in [2.05, 4.69) is 0 Å². The van der Waals surface area contributed by atoms with Crippen LogP contribution in [-0.4, -0.2) is 5.78 Å². The number of nitriles is 1. The van der Waals surface area contributed by atoms with Gasteiger partial charge in [-0.2, -0.15) is 18.4 Å². The highest BCUT2D eigenvalue weighted by Gasteiger charge is 2.37. The molecule has 0 radical (unpaired) electrons. The lowest BCUT2D eigenvalue weighted by Gasteiger charge is -2.20. The molecule has 0 heterocycles. The molecule has 0 amide bonds. The first-order chi connectivity index (χ1) is 8.07. The Bertz CT molecular complexity index is 519. The summed E-state index contributed by atoms with van der Waals surface area (Å²) >= 11 is 0. The Kier molecular flexibility index (Phi) is 3.52. The molecule has 1 rings (SSSR count). The number of halogens is 3. The van der Waals surface area contributed by atoms with Crippen molar-refractivity contribution in [3.8, 4) is 6.07 Å². The number of carbonyl (C=O) groups excluding carboxylic acids is 1. The van der Waals surface area contributed by atoms with Crippen LogP contribution in [0.25, 0.3) is 0 Å². The first kappa shape index (κ1) is 14.2. The van der Waals surface area contributed by atoms with E-state index in [1.165, 1.54) is 6.07 Å². The predicted molar refractivity (Wildman–Crippen MR) is 59.9 cm³/mol. The van der Waals surface area contributed by atoms with Crippen molar-refractivity contribution in [1.82, 2.24) is 0 Å². The number of hydrogen-bond acceptors (Lipinski definition) is 2. The molecule has 1 aromatic carbocycles. The zero-order valence-electron chi connectivity index (χ0n) is 10.2. The average molecular weight is 255 g/mol. The molecule has 96 valence electrons. The van der Waals surface area contributed by atoms with Gasteiger partial charge < -0.3 is 0 Å². The van der Waals surface area contributed by atoms with Gasteiger partial charge in [-0.3, -0.25) is 4.79 Å². The molecule has 0 saturated heterocycles. The largest absolute Gasteiger partial charge is 0.417 e. The second-order valence-corrected chi connectivity index (χ2v) is 4.95. The maximum Gasteiger partial charge on any atom is 0.417 e. The van der Waals surface area contributed by atoms with Crippen molar-refractivity contribution in [2.24, 2.45) is 5.41 Å². The van der Waals surface area contributed by atoms with Gasteiger partial charge in [0.15, 0.2) is 5.78 Å². The third-order valence-electron chi connectivity index (χ3n) is 2.38. The molecule has 2 nitrogen and oxygen atoms in total. The van der Waals surface area contributed by atoms with Gasteiger partial charge in [-0.05, 0) is 18.2 Å². The van der Waals surface area contributed by atoms with Gasteiger partial charge in [0, 0.05) is 11.0 Å². The lowest BCUT2D eigenvalue weighted by molar-refractivity contribution is -0.138. The first-order valence-electron chi connectivity index (χ1n) is 5.23. The predicted octanol–water partition coefficient (Wildman–Crippen LogP) is 3.81. The van der Waals surface area contributed by atoms with Gasteiger partial charge >= 0.3 is 6.18 Å². The van der Waals surface area contributed by atoms with Crippen LogP contribution in [0.3, 0.4) is 0 Å². The molecule has 18 heavy (non-hydrogen) atoms. The van der Waals surface area contributed by atoms with Crippen LogP contribution in [0.2, 0.25) is 0 Å². The van der Waals surface area contributed by atoms with Crippen LogP contribution in [0.1, 0.15) is 42.3 Å². The van der Waals surface area contributed by atoms with Gasteiger partial charge in [-0.15, -0.1) is 0 Å². The smallest absolute Gasteiger partial charge is 0.294 e. The zero-order valence-corrected chi connectivity index (χ0v) is 10.2. The molecule has 0 aliphatic rings. The van der Waals surface area contributed by atoms with Gasteiger partial charge in [-0.1, -0.05) is 20.8 Å². The van der Waals surface area contributed by atoms with Crippen molar-refractivity contribution in [3.63, 3.8) is 0 Å². The fourth-order valence-electron chi connectivity index (χ4n) is 1.45. The first-order valence-corrected chi connectivity index (χ1v) is 5.23. The molecule has 0 saturated carbocycles. The summed E-state index contributed by atoms with van der Waals surface area (Å²) in [5, 5.41) is 8.61. The minimum absolute atomic E-state index is 0.118. The maximum absolute atomic E-state index is 12.9. The Hall–Kier alpha value is -1.83. The quantitative estimate of drug-likeness (QED) is 0.716. The summed E-state index contributed by atoms with van der Waals surface area (Å²) < 4.78 is 38.6. The summed E-state index contributed by atoms with van der Waals surface area (Å²) in [5.41, 5.74) is -2.47. The van der Waals surface area contributed by atoms with E-state index in [1.807, 2.05) is 0 Å². The van der Waals surface area contributed by atoms with Crippen molar-refractivity contribution in [1.29, 1.82) is 5.26 Å². The molecule has 0 N–H and O–H groups in total. The average Bonchev–Trinajstić information content (AvgIpc) is 2.24. The fraction of sp³-hybridized carbons (Fsp3) is 0.385. The Morgan fingerprint density at radius 2 is 1.78 bits per heavy atom. The van der Waals surface area contributed by atoms with Crippen LogP contribution in [0.4, 0.5) is 13.2 Å². The fourth-order valence-corrected chi connectivity index (χ4v) is 1.45. The number of Topliss-reactive ketones (excluding diaryl/α,β-unsaturated/α-hetero) is 1. The Balaban J connectivity index is 3.47. The van der Waals surface area contributed by atoms with E-state index < -0.39 is 28.5 Å². The Labute approximate surface area is 103 Å². The van der Waals surface area contributed by atoms with E-state index in [9.17, 15) is 18.0 Å². The Morgan fingerprint density at radius 1 is 1.22 bits per heavy atom. The molecule has 0 aliphatic carbocycles. The van der Waals surface area contributed by atoms with Crippen molar-refractivity contribution in [3.05, 3.63) is 34.9 Å². The lowest BCUT2D eigenvalue weighted by atomic mass is 9.84. The van der Waals surface area contributed by atoms with Crippen molar-refractivity contribution in [2.45, 2.75) is 26.9 Å². The van der Waals surface area contributed by atoms with Gasteiger partial charge in [0.05, 0.1) is 17.2 Å². The number of rotatable bonds is 1. The van der Waals surface area contributed by atoms with E-state index >= 15 is 0 Å². The Morgan fingerprint density at radius 3 is 2.17 bits per heavy atom. The summed E-state index contributed by atoms with van der Waals surface area (Å²) in [6.45, 7) is 4.65. The minimum Gasteiger partial charge on any atom is -0.294 e. The highest BCUT2D eigenvalue weighted by atomic mass is 19.4. The number of alkyl halides is 3.